The molecule has 0 radical (unpaired) electrons. The minimum Gasteiger partial charge on any atom is -0.493 e. The highest BCUT2D eigenvalue weighted by Crippen LogP contribution is 2.34. The number of amides is 2. The van der Waals surface area contributed by atoms with Gasteiger partial charge in [-0.3, -0.25) is 14.5 Å². The molecule has 0 aliphatic carbocycles. The third-order valence-electron chi connectivity index (χ3n) is 5.63. The summed E-state index contributed by atoms with van der Waals surface area (Å²) < 4.78 is 12.5. The highest BCUT2D eigenvalue weighted by atomic mass is 16.5. The van der Waals surface area contributed by atoms with E-state index in [1.165, 1.54) is 4.90 Å². The third kappa shape index (κ3) is 5.52. The summed E-state index contributed by atoms with van der Waals surface area (Å²) in [5, 5.41) is 11.2. The number of ether oxygens (including phenoxy) is 2. The SMILES string of the molecule is CCOc1ccccc1[C@H](C(=O)NCCOC)N(C(=O)Cn1nnc2ccccc21)c1ccccc1. The highest BCUT2D eigenvalue weighted by Gasteiger charge is 2.35. The fraction of sp³-hybridized carbons (Fsp3) is 0.259. The molecule has 4 rings (SSSR count). The fourth-order valence-corrected chi connectivity index (χ4v) is 4.03. The van der Waals surface area contributed by atoms with Crippen molar-refractivity contribution in [1.29, 1.82) is 0 Å². The van der Waals surface area contributed by atoms with Crippen molar-refractivity contribution in [2.45, 2.75) is 19.5 Å². The first-order chi connectivity index (χ1) is 17.6. The largest absolute Gasteiger partial charge is 0.493 e. The van der Waals surface area contributed by atoms with Crippen molar-refractivity contribution in [2.24, 2.45) is 0 Å². The highest BCUT2D eigenvalue weighted by molar-refractivity contribution is 6.01. The number of carbonyl (C=O) groups excluding carboxylic acids is 2. The number of nitrogens with zero attached hydrogens (tertiary/aromatic N) is 4. The lowest BCUT2D eigenvalue weighted by atomic mass is 10.0. The van der Waals surface area contributed by atoms with Crippen LogP contribution in [0, 0.1) is 0 Å². The number of benzene rings is 3. The van der Waals surface area contributed by atoms with Gasteiger partial charge in [-0.05, 0) is 37.3 Å². The van der Waals surface area contributed by atoms with Gasteiger partial charge in [0, 0.05) is 24.9 Å². The monoisotopic (exact) mass is 487 g/mol. The second kappa shape index (κ2) is 11.9. The summed E-state index contributed by atoms with van der Waals surface area (Å²) in [4.78, 5) is 29.1. The molecule has 4 aromatic rings. The molecule has 1 N–H and O–H groups in total. The Morgan fingerprint density at radius 1 is 1.00 bits per heavy atom. The molecule has 186 valence electrons. The molecule has 0 spiro atoms. The van der Waals surface area contributed by atoms with Crippen LogP contribution in [0.1, 0.15) is 18.5 Å². The van der Waals surface area contributed by atoms with Crippen LogP contribution in [0.2, 0.25) is 0 Å². The fourth-order valence-electron chi connectivity index (χ4n) is 4.03. The molecule has 0 unspecified atom stereocenters. The maximum Gasteiger partial charge on any atom is 0.249 e. The van der Waals surface area contributed by atoms with Gasteiger partial charge in [-0.2, -0.15) is 0 Å². The van der Waals surface area contributed by atoms with Crippen molar-refractivity contribution in [3.63, 3.8) is 0 Å². The smallest absolute Gasteiger partial charge is 0.249 e. The number of methoxy groups -OCH3 is 1. The molecule has 3 aromatic carbocycles. The Hall–Kier alpha value is -4.24. The van der Waals surface area contributed by atoms with E-state index in [-0.39, 0.29) is 18.4 Å². The number of anilines is 1. The van der Waals surface area contributed by atoms with E-state index < -0.39 is 6.04 Å². The number of carbonyl (C=O) groups is 2. The zero-order valence-electron chi connectivity index (χ0n) is 20.3. The Bertz CT molecular complexity index is 1310. The van der Waals surface area contributed by atoms with E-state index in [9.17, 15) is 9.59 Å². The van der Waals surface area contributed by atoms with Crippen LogP contribution in [0.25, 0.3) is 11.0 Å². The minimum absolute atomic E-state index is 0.103. The average molecular weight is 488 g/mol. The normalized spacial score (nSPS) is 11.7. The summed E-state index contributed by atoms with van der Waals surface area (Å²) in [6.07, 6.45) is 0. The average Bonchev–Trinajstić information content (AvgIpc) is 3.31. The minimum atomic E-state index is -0.991. The van der Waals surface area contributed by atoms with Gasteiger partial charge in [0.2, 0.25) is 11.8 Å². The van der Waals surface area contributed by atoms with E-state index in [0.717, 1.165) is 5.52 Å². The lowest BCUT2D eigenvalue weighted by molar-refractivity contribution is -0.127. The Morgan fingerprint density at radius 3 is 2.50 bits per heavy atom. The Labute approximate surface area is 209 Å². The van der Waals surface area contributed by atoms with Gasteiger partial charge in [0.25, 0.3) is 0 Å². The Morgan fingerprint density at radius 2 is 1.72 bits per heavy atom. The Kier molecular flexibility index (Phi) is 8.25. The number of hydrogen-bond donors (Lipinski definition) is 1. The zero-order valence-corrected chi connectivity index (χ0v) is 20.3. The molecular weight excluding hydrogens is 458 g/mol. The van der Waals surface area contributed by atoms with Gasteiger partial charge in [0.15, 0.2) is 0 Å². The molecule has 9 nitrogen and oxygen atoms in total. The molecule has 0 fully saturated rings. The number of para-hydroxylation sites is 3. The van der Waals surface area contributed by atoms with Gasteiger partial charge in [-0.25, -0.2) is 4.68 Å². The summed E-state index contributed by atoms with van der Waals surface area (Å²) in [6.45, 7) is 2.83. The lowest BCUT2D eigenvalue weighted by Gasteiger charge is -2.32. The van der Waals surface area contributed by atoms with Crippen LogP contribution in [-0.4, -0.2) is 53.7 Å². The number of fused-ring (bicyclic) bond motifs is 1. The van der Waals surface area contributed by atoms with E-state index in [4.69, 9.17) is 9.47 Å². The first-order valence-corrected chi connectivity index (χ1v) is 11.8. The zero-order chi connectivity index (χ0) is 25.3. The lowest BCUT2D eigenvalue weighted by Crippen LogP contribution is -2.46. The summed E-state index contributed by atoms with van der Waals surface area (Å²) in [5.41, 5.74) is 2.57. The van der Waals surface area contributed by atoms with Crippen molar-refractivity contribution in [3.8, 4) is 5.75 Å². The maximum atomic E-state index is 14.0. The molecule has 0 saturated heterocycles. The molecular formula is C27H29N5O4. The Balaban J connectivity index is 1.79. The van der Waals surface area contributed by atoms with Gasteiger partial charge in [-0.15, -0.1) is 5.10 Å². The van der Waals surface area contributed by atoms with Crippen molar-refractivity contribution in [3.05, 3.63) is 84.4 Å². The first kappa shape index (κ1) is 24.9. The molecule has 0 saturated carbocycles. The molecule has 2 amide bonds. The van der Waals surface area contributed by atoms with Crippen LogP contribution in [0.5, 0.6) is 5.75 Å². The molecule has 0 bridgehead atoms. The van der Waals surface area contributed by atoms with E-state index in [2.05, 4.69) is 15.6 Å². The van der Waals surface area contributed by atoms with Gasteiger partial charge in [0.05, 0.1) is 18.7 Å². The van der Waals surface area contributed by atoms with Crippen LogP contribution in [0.3, 0.4) is 0 Å². The van der Waals surface area contributed by atoms with Crippen LogP contribution in [0.4, 0.5) is 5.69 Å². The van der Waals surface area contributed by atoms with Crippen molar-refractivity contribution in [2.75, 3.05) is 31.8 Å². The van der Waals surface area contributed by atoms with Gasteiger partial charge >= 0.3 is 0 Å². The molecule has 1 heterocycles. The molecule has 0 aliphatic rings. The van der Waals surface area contributed by atoms with Crippen LogP contribution in [0.15, 0.2) is 78.9 Å². The summed E-state index contributed by atoms with van der Waals surface area (Å²) >= 11 is 0. The predicted molar refractivity (Wildman–Crippen MR) is 137 cm³/mol. The van der Waals surface area contributed by atoms with Crippen molar-refractivity contribution in [1.82, 2.24) is 20.3 Å². The van der Waals surface area contributed by atoms with E-state index in [0.29, 0.717) is 42.3 Å². The van der Waals surface area contributed by atoms with E-state index in [1.807, 2.05) is 61.5 Å². The third-order valence-corrected chi connectivity index (χ3v) is 5.63. The van der Waals surface area contributed by atoms with Crippen molar-refractivity contribution < 1.29 is 19.1 Å². The van der Waals surface area contributed by atoms with E-state index >= 15 is 0 Å². The number of nitrogens with one attached hydrogen (secondary N) is 1. The van der Waals surface area contributed by atoms with Gasteiger partial charge in [-0.1, -0.05) is 53.7 Å². The van der Waals surface area contributed by atoms with Gasteiger partial charge in [0.1, 0.15) is 23.9 Å². The summed E-state index contributed by atoms with van der Waals surface area (Å²) in [6, 6.07) is 22.8. The van der Waals surface area contributed by atoms with E-state index in [1.54, 1.807) is 36.1 Å². The molecule has 9 heteroatoms. The standard InChI is InChI=1S/C27H29N5O4/c1-3-36-24-16-10-7-13-21(24)26(27(34)28-17-18-35-2)32(20-11-5-4-6-12-20)25(33)19-31-23-15-9-8-14-22(23)29-30-31/h4-16,26H,3,17-19H2,1-2H3,(H,28,34)/t26-/m1/s1. The van der Waals surface area contributed by atoms with Crippen LogP contribution >= 0.6 is 0 Å². The molecule has 0 aliphatic heterocycles. The summed E-state index contributed by atoms with van der Waals surface area (Å²) in [7, 11) is 1.57. The maximum absolute atomic E-state index is 14.0. The second-order valence-corrected chi connectivity index (χ2v) is 7.99. The second-order valence-electron chi connectivity index (χ2n) is 7.99. The number of aromatic nitrogens is 3. The quantitative estimate of drug-likeness (QED) is 0.326. The van der Waals surface area contributed by atoms with Crippen molar-refractivity contribution >= 4 is 28.5 Å². The number of hydrogen-bond acceptors (Lipinski definition) is 6. The topological polar surface area (TPSA) is 98.6 Å². The van der Waals surface area contributed by atoms with Crippen LogP contribution < -0.4 is 15.0 Å². The molecule has 1 aromatic heterocycles. The predicted octanol–water partition coefficient (Wildman–Crippen LogP) is 3.37. The first-order valence-electron chi connectivity index (χ1n) is 11.8. The molecule has 1 atom stereocenters. The summed E-state index contributed by atoms with van der Waals surface area (Å²) in [5.74, 6) is -0.137. The number of rotatable bonds is 11. The van der Waals surface area contributed by atoms with Crippen LogP contribution in [-0.2, 0) is 20.9 Å². The van der Waals surface area contributed by atoms with Gasteiger partial charge < -0.3 is 14.8 Å². The molecule has 36 heavy (non-hydrogen) atoms.